The first-order valence-corrected chi connectivity index (χ1v) is 7.56. The van der Waals surface area contributed by atoms with Gasteiger partial charge in [0.1, 0.15) is 0 Å². The molecule has 19 heavy (non-hydrogen) atoms. The molecule has 0 saturated carbocycles. The van der Waals surface area contributed by atoms with Crippen LogP contribution in [0.4, 0.5) is 0 Å². The lowest BCUT2D eigenvalue weighted by Crippen LogP contribution is -2.57. The molecule has 1 aliphatic rings. The summed E-state index contributed by atoms with van der Waals surface area (Å²) in [6.07, 6.45) is 0.397. The Morgan fingerprint density at radius 2 is 2.26 bits per heavy atom. The minimum absolute atomic E-state index is 0.0204. The van der Waals surface area contributed by atoms with Crippen LogP contribution in [0.15, 0.2) is 10.2 Å². The first-order chi connectivity index (χ1) is 9.00. The van der Waals surface area contributed by atoms with Gasteiger partial charge in [-0.25, -0.2) is 0 Å². The molecule has 0 bridgehead atoms. The molecule has 1 aromatic heterocycles. The van der Waals surface area contributed by atoms with Crippen molar-refractivity contribution in [3.8, 4) is 0 Å². The lowest BCUT2D eigenvalue weighted by Gasteiger charge is -2.38. The maximum atomic E-state index is 12.3. The molecule has 2 heterocycles. The van der Waals surface area contributed by atoms with Crippen LogP contribution in [0.25, 0.3) is 0 Å². The maximum Gasteiger partial charge on any atom is 0.307 e. The fourth-order valence-electron chi connectivity index (χ4n) is 2.43. The highest BCUT2D eigenvalue weighted by atomic mass is 32.1. The van der Waals surface area contributed by atoms with Gasteiger partial charge in [-0.1, -0.05) is 11.3 Å². The molecule has 106 valence electrons. The largest absolute Gasteiger partial charge is 0.337 e. The molecule has 1 aromatic rings. The Morgan fingerprint density at radius 1 is 1.53 bits per heavy atom. The van der Waals surface area contributed by atoms with E-state index in [1.807, 2.05) is 17.2 Å². The van der Waals surface area contributed by atoms with Gasteiger partial charge in [0.25, 0.3) is 0 Å². The van der Waals surface area contributed by atoms with Crippen molar-refractivity contribution < 1.29 is 4.79 Å². The van der Waals surface area contributed by atoms with E-state index in [1.54, 1.807) is 4.57 Å². The second-order valence-electron chi connectivity index (χ2n) is 5.12. The Morgan fingerprint density at radius 3 is 2.89 bits per heavy atom. The van der Waals surface area contributed by atoms with Crippen LogP contribution < -0.4 is 10.2 Å². The van der Waals surface area contributed by atoms with Crippen LogP contribution in [0, 0.1) is 6.92 Å². The summed E-state index contributed by atoms with van der Waals surface area (Å²) in [6.45, 7) is 8.14. The normalized spacial score (nSPS) is 23.6. The van der Waals surface area contributed by atoms with Crippen LogP contribution in [-0.2, 0) is 11.3 Å². The zero-order valence-electron chi connectivity index (χ0n) is 11.7. The second-order valence-corrected chi connectivity index (χ2v) is 5.94. The quantitative estimate of drug-likeness (QED) is 0.893. The summed E-state index contributed by atoms with van der Waals surface area (Å²) in [7, 11) is 0. The van der Waals surface area contributed by atoms with E-state index in [-0.39, 0.29) is 16.8 Å². The van der Waals surface area contributed by atoms with E-state index >= 15 is 0 Å². The molecule has 1 fully saturated rings. The number of carbonyl (C=O) groups excluding carboxylic acids is 1. The van der Waals surface area contributed by atoms with Gasteiger partial charge in [0.15, 0.2) is 0 Å². The van der Waals surface area contributed by atoms with Crippen LogP contribution in [0.3, 0.4) is 0 Å². The summed E-state index contributed by atoms with van der Waals surface area (Å²) >= 11 is 1.19. The van der Waals surface area contributed by atoms with E-state index in [1.165, 1.54) is 11.3 Å². The first kappa shape index (κ1) is 14.3. The fourth-order valence-corrected chi connectivity index (χ4v) is 3.20. The number of hydrogen-bond donors (Lipinski definition) is 1. The van der Waals surface area contributed by atoms with Crippen molar-refractivity contribution in [3.05, 3.63) is 20.7 Å². The zero-order chi connectivity index (χ0) is 14.0. The van der Waals surface area contributed by atoms with Gasteiger partial charge in [-0.05, 0) is 20.8 Å². The molecule has 1 N–H and O–H groups in total. The van der Waals surface area contributed by atoms with Crippen LogP contribution in [-0.4, -0.2) is 40.5 Å². The number of aryl methyl sites for hydroxylation is 1. The van der Waals surface area contributed by atoms with Gasteiger partial charge >= 0.3 is 4.87 Å². The predicted molar refractivity (Wildman–Crippen MR) is 76.6 cm³/mol. The Balaban J connectivity index is 1.96. The molecule has 5 nitrogen and oxygen atoms in total. The summed E-state index contributed by atoms with van der Waals surface area (Å²) in [5.41, 5.74) is 0.935. The Hall–Kier alpha value is -1.14. The maximum absolute atomic E-state index is 12.3. The number of aromatic nitrogens is 1. The van der Waals surface area contributed by atoms with E-state index < -0.39 is 0 Å². The first-order valence-electron chi connectivity index (χ1n) is 6.68. The molecule has 1 aliphatic heterocycles. The summed E-state index contributed by atoms with van der Waals surface area (Å²) in [5.74, 6) is 0.137. The molecule has 2 rings (SSSR count). The fraction of sp³-hybridized carbons (Fsp3) is 0.692. The van der Waals surface area contributed by atoms with Crippen LogP contribution >= 0.6 is 11.3 Å². The number of carbonyl (C=O) groups is 1. The van der Waals surface area contributed by atoms with Crippen molar-refractivity contribution in [1.82, 2.24) is 14.8 Å². The van der Waals surface area contributed by atoms with E-state index in [0.29, 0.717) is 19.0 Å². The molecule has 0 aliphatic carbocycles. The summed E-state index contributed by atoms with van der Waals surface area (Å²) in [4.78, 5) is 25.8. The third kappa shape index (κ3) is 3.06. The van der Waals surface area contributed by atoms with E-state index in [0.717, 1.165) is 18.8 Å². The van der Waals surface area contributed by atoms with E-state index in [2.05, 4.69) is 19.2 Å². The van der Waals surface area contributed by atoms with Crippen molar-refractivity contribution in [2.75, 3.05) is 13.1 Å². The van der Waals surface area contributed by atoms with E-state index in [9.17, 15) is 9.59 Å². The van der Waals surface area contributed by atoms with Gasteiger partial charge < -0.3 is 14.8 Å². The standard InChI is InChI=1S/C13H21N3O2S/c1-9-8-19-13(18)15(9)6-4-12(17)16-7-5-14-10(2)11(16)3/h8,10-11,14H,4-7H2,1-3H3. The smallest absolute Gasteiger partial charge is 0.307 e. The molecule has 6 heteroatoms. The number of nitrogens with zero attached hydrogens (tertiary/aromatic N) is 2. The third-order valence-corrected chi connectivity index (χ3v) is 4.76. The van der Waals surface area contributed by atoms with Gasteiger partial charge in [-0.3, -0.25) is 9.59 Å². The van der Waals surface area contributed by atoms with Crippen molar-refractivity contribution >= 4 is 17.2 Å². The molecule has 2 unspecified atom stereocenters. The molecule has 0 aromatic carbocycles. The Kier molecular flexibility index (Phi) is 4.42. The Bertz CT molecular complexity index is 508. The molecule has 0 spiro atoms. The summed E-state index contributed by atoms with van der Waals surface area (Å²) in [6, 6.07) is 0.532. The molecule has 1 saturated heterocycles. The zero-order valence-corrected chi connectivity index (χ0v) is 12.5. The third-order valence-electron chi connectivity index (χ3n) is 3.88. The highest BCUT2D eigenvalue weighted by Crippen LogP contribution is 2.11. The topological polar surface area (TPSA) is 54.3 Å². The number of rotatable bonds is 3. The highest BCUT2D eigenvalue weighted by Gasteiger charge is 2.27. The van der Waals surface area contributed by atoms with Gasteiger partial charge in [-0.2, -0.15) is 0 Å². The van der Waals surface area contributed by atoms with Gasteiger partial charge in [0, 0.05) is 49.2 Å². The Labute approximate surface area is 117 Å². The highest BCUT2D eigenvalue weighted by molar-refractivity contribution is 7.07. The average Bonchev–Trinajstić information content (AvgIpc) is 2.70. The lowest BCUT2D eigenvalue weighted by atomic mass is 10.1. The molecular formula is C13H21N3O2S. The predicted octanol–water partition coefficient (Wildman–Crippen LogP) is 0.817. The van der Waals surface area contributed by atoms with Crippen molar-refractivity contribution in [1.29, 1.82) is 0 Å². The number of amides is 1. The second kappa shape index (κ2) is 5.88. The number of hydrogen-bond acceptors (Lipinski definition) is 4. The van der Waals surface area contributed by atoms with Crippen LogP contribution in [0.5, 0.6) is 0 Å². The average molecular weight is 283 g/mol. The molecule has 0 radical (unpaired) electrons. The van der Waals surface area contributed by atoms with Crippen molar-refractivity contribution in [2.45, 2.75) is 45.8 Å². The minimum atomic E-state index is 0.0204. The molecule has 2 atom stereocenters. The van der Waals surface area contributed by atoms with Crippen LogP contribution in [0.1, 0.15) is 26.0 Å². The van der Waals surface area contributed by atoms with E-state index in [4.69, 9.17) is 0 Å². The molecular weight excluding hydrogens is 262 g/mol. The number of thiazole rings is 1. The SMILES string of the molecule is Cc1csc(=O)n1CCC(=O)N1CCNC(C)C1C. The number of nitrogens with one attached hydrogen (secondary N) is 1. The van der Waals surface area contributed by atoms with Gasteiger partial charge in [0.2, 0.25) is 5.91 Å². The molecule has 1 amide bonds. The summed E-state index contributed by atoms with van der Waals surface area (Å²) < 4.78 is 1.68. The van der Waals surface area contributed by atoms with Gasteiger partial charge in [0.05, 0.1) is 0 Å². The summed E-state index contributed by atoms with van der Waals surface area (Å²) in [5, 5.41) is 5.19. The number of piperazine rings is 1. The van der Waals surface area contributed by atoms with Gasteiger partial charge in [-0.15, -0.1) is 0 Å². The van der Waals surface area contributed by atoms with Crippen molar-refractivity contribution in [3.63, 3.8) is 0 Å². The minimum Gasteiger partial charge on any atom is -0.337 e. The monoisotopic (exact) mass is 283 g/mol. The van der Waals surface area contributed by atoms with Crippen LogP contribution in [0.2, 0.25) is 0 Å². The lowest BCUT2D eigenvalue weighted by molar-refractivity contribution is -0.135. The van der Waals surface area contributed by atoms with Crippen molar-refractivity contribution in [2.24, 2.45) is 0 Å².